The van der Waals surface area contributed by atoms with Gasteiger partial charge in [0.2, 0.25) is 0 Å². The quantitative estimate of drug-likeness (QED) is 0.808. The molecule has 6 heteroatoms. The lowest BCUT2D eigenvalue weighted by atomic mass is 10.2. The summed E-state index contributed by atoms with van der Waals surface area (Å²) in [6, 6.07) is 5.65. The fraction of sp³-hybridized carbons (Fsp3) is 0. The number of benzene rings is 2. The molecule has 2 aromatic rings. The summed E-state index contributed by atoms with van der Waals surface area (Å²) >= 11 is 5.70. The fourth-order valence-electron chi connectivity index (χ4n) is 1.44. The lowest BCUT2D eigenvalue weighted by Gasteiger charge is -2.12. The predicted molar refractivity (Wildman–Crippen MR) is 65.5 cm³/mol. The van der Waals surface area contributed by atoms with Crippen molar-refractivity contribution >= 4 is 28.7 Å². The number of rotatable bonds is 2. The van der Waals surface area contributed by atoms with Crippen LogP contribution in [-0.2, 0) is 0 Å². The van der Waals surface area contributed by atoms with E-state index in [2.05, 4.69) is 5.32 Å². The maximum Gasteiger partial charge on any atom is 0.151 e. The van der Waals surface area contributed by atoms with Gasteiger partial charge in [-0.15, -0.1) is 0 Å². The minimum Gasteiger partial charge on any atom is -0.395 e. The van der Waals surface area contributed by atoms with Crippen LogP contribution in [0.2, 0.25) is 5.02 Å². The Morgan fingerprint density at radius 3 is 2.44 bits per heavy atom. The maximum atomic E-state index is 13.5. The van der Waals surface area contributed by atoms with Crippen LogP contribution >= 0.6 is 11.6 Å². The number of hydrogen-bond donors (Lipinski definition) is 2. The highest BCUT2D eigenvalue weighted by atomic mass is 35.5. The molecule has 0 unspecified atom stereocenters. The van der Waals surface area contributed by atoms with E-state index in [-0.39, 0.29) is 22.1 Å². The van der Waals surface area contributed by atoms with Crippen LogP contribution < -0.4 is 11.1 Å². The Labute approximate surface area is 106 Å². The van der Waals surface area contributed by atoms with Crippen molar-refractivity contribution in [1.29, 1.82) is 0 Å². The zero-order valence-corrected chi connectivity index (χ0v) is 9.73. The van der Waals surface area contributed by atoms with Crippen molar-refractivity contribution in [1.82, 2.24) is 0 Å². The molecule has 0 spiro atoms. The fourth-order valence-corrected chi connectivity index (χ4v) is 1.68. The summed E-state index contributed by atoms with van der Waals surface area (Å²) in [4.78, 5) is 0. The molecule has 0 aliphatic heterocycles. The lowest BCUT2D eigenvalue weighted by molar-refractivity contribution is 0.586. The van der Waals surface area contributed by atoms with E-state index in [9.17, 15) is 13.2 Å². The topological polar surface area (TPSA) is 38.0 Å². The Kier molecular flexibility index (Phi) is 3.34. The third kappa shape index (κ3) is 2.36. The Balaban J connectivity index is 2.43. The smallest absolute Gasteiger partial charge is 0.151 e. The van der Waals surface area contributed by atoms with E-state index in [0.717, 1.165) is 6.07 Å². The van der Waals surface area contributed by atoms with Gasteiger partial charge in [-0.05, 0) is 18.2 Å². The first-order valence-corrected chi connectivity index (χ1v) is 5.32. The van der Waals surface area contributed by atoms with Crippen molar-refractivity contribution in [3.05, 3.63) is 52.8 Å². The maximum absolute atomic E-state index is 13.5. The van der Waals surface area contributed by atoms with Crippen LogP contribution in [0.1, 0.15) is 0 Å². The summed E-state index contributed by atoms with van der Waals surface area (Å²) in [6.45, 7) is 0. The summed E-state index contributed by atoms with van der Waals surface area (Å²) in [7, 11) is 0. The second-order valence-corrected chi connectivity index (χ2v) is 3.98. The van der Waals surface area contributed by atoms with Gasteiger partial charge in [0.15, 0.2) is 5.82 Å². The van der Waals surface area contributed by atoms with Crippen LogP contribution in [0, 0.1) is 17.5 Å². The summed E-state index contributed by atoms with van der Waals surface area (Å²) in [5, 5.41) is 2.38. The van der Waals surface area contributed by atoms with Gasteiger partial charge in [-0.2, -0.15) is 0 Å². The van der Waals surface area contributed by atoms with Crippen molar-refractivity contribution in [2.24, 2.45) is 0 Å². The van der Waals surface area contributed by atoms with Gasteiger partial charge in [0.1, 0.15) is 11.6 Å². The number of nitrogens with two attached hydrogens (primary N) is 1. The van der Waals surface area contributed by atoms with E-state index in [0.29, 0.717) is 6.07 Å². The first-order chi connectivity index (χ1) is 8.49. The van der Waals surface area contributed by atoms with Crippen LogP contribution in [0.15, 0.2) is 30.3 Å². The zero-order valence-electron chi connectivity index (χ0n) is 8.98. The van der Waals surface area contributed by atoms with Crippen molar-refractivity contribution in [2.45, 2.75) is 0 Å². The molecule has 0 heterocycles. The van der Waals surface area contributed by atoms with Gasteiger partial charge in [0.25, 0.3) is 0 Å². The minimum atomic E-state index is -0.885. The lowest BCUT2D eigenvalue weighted by Crippen LogP contribution is -2.01. The van der Waals surface area contributed by atoms with Crippen molar-refractivity contribution < 1.29 is 13.2 Å². The Hall–Kier alpha value is -1.88. The average Bonchev–Trinajstić information content (AvgIpc) is 2.28. The Bertz CT molecular complexity index is 579. The number of nitrogens with one attached hydrogen (secondary N) is 1. The standard InChI is InChI=1S/C12H8ClF3N2/c13-7-4-6(14)5-9(16)12(7)18-10-3-1-2-8(15)11(10)17/h1-5,18H,17H2. The van der Waals surface area contributed by atoms with Crippen LogP contribution in [0.3, 0.4) is 0 Å². The molecule has 2 rings (SSSR count). The van der Waals surface area contributed by atoms with Crippen LogP contribution in [0.25, 0.3) is 0 Å². The minimum absolute atomic E-state index is 0.155. The molecule has 0 atom stereocenters. The zero-order chi connectivity index (χ0) is 13.3. The van der Waals surface area contributed by atoms with E-state index >= 15 is 0 Å². The van der Waals surface area contributed by atoms with Crippen LogP contribution in [-0.4, -0.2) is 0 Å². The summed E-state index contributed by atoms with van der Waals surface area (Å²) in [5.74, 6) is -2.32. The molecule has 2 nitrogen and oxygen atoms in total. The van der Waals surface area contributed by atoms with E-state index in [1.165, 1.54) is 18.2 Å². The number of halogens is 4. The van der Waals surface area contributed by atoms with E-state index in [4.69, 9.17) is 17.3 Å². The van der Waals surface area contributed by atoms with E-state index < -0.39 is 17.5 Å². The molecule has 0 bridgehead atoms. The number of anilines is 3. The number of para-hydroxylation sites is 1. The third-order valence-corrected chi connectivity index (χ3v) is 2.62. The van der Waals surface area contributed by atoms with Gasteiger partial charge < -0.3 is 11.1 Å². The van der Waals surface area contributed by atoms with Gasteiger partial charge in [0.05, 0.1) is 22.1 Å². The predicted octanol–water partition coefficient (Wildman–Crippen LogP) is 4.08. The third-order valence-electron chi connectivity index (χ3n) is 2.32. The summed E-state index contributed by atoms with van der Waals surface area (Å²) in [6.07, 6.45) is 0. The summed E-state index contributed by atoms with van der Waals surface area (Å²) in [5.41, 5.74) is 5.31. The van der Waals surface area contributed by atoms with E-state index in [1.54, 1.807) is 0 Å². The molecule has 0 saturated carbocycles. The molecule has 0 aliphatic carbocycles. The molecule has 0 radical (unpaired) electrons. The number of nitrogen functional groups attached to an aromatic ring is 1. The van der Waals surface area contributed by atoms with Gasteiger partial charge in [-0.1, -0.05) is 17.7 Å². The molecule has 94 valence electrons. The highest BCUT2D eigenvalue weighted by Gasteiger charge is 2.12. The first-order valence-electron chi connectivity index (χ1n) is 4.94. The van der Waals surface area contributed by atoms with Crippen LogP contribution in [0.5, 0.6) is 0 Å². The second-order valence-electron chi connectivity index (χ2n) is 3.57. The molecule has 18 heavy (non-hydrogen) atoms. The monoisotopic (exact) mass is 272 g/mol. The average molecular weight is 273 g/mol. The molecule has 0 aromatic heterocycles. The van der Waals surface area contributed by atoms with Crippen molar-refractivity contribution in [2.75, 3.05) is 11.1 Å². The van der Waals surface area contributed by atoms with Crippen molar-refractivity contribution in [3.8, 4) is 0 Å². The SMILES string of the molecule is Nc1c(F)cccc1Nc1c(F)cc(F)cc1Cl. The molecule has 2 aromatic carbocycles. The highest BCUT2D eigenvalue weighted by Crippen LogP contribution is 2.32. The van der Waals surface area contributed by atoms with Crippen molar-refractivity contribution in [3.63, 3.8) is 0 Å². The second kappa shape index (κ2) is 4.78. The van der Waals surface area contributed by atoms with Gasteiger partial charge in [-0.3, -0.25) is 0 Å². The van der Waals surface area contributed by atoms with Crippen LogP contribution in [0.4, 0.5) is 30.2 Å². The normalized spacial score (nSPS) is 10.4. The molecule has 0 fully saturated rings. The number of hydrogen-bond acceptors (Lipinski definition) is 2. The molecular weight excluding hydrogens is 265 g/mol. The van der Waals surface area contributed by atoms with Gasteiger partial charge in [0, 0.05) is 6.07 Å². The first kappa shape index (κ1) is 12.6. The Morgan fingerprint density at radius 1 is 1.06 bits per heavy atom. The Morgan fingerprint density at radius 2 is 1.78 bits per heavy atom. The molecule has 3 N–H and O–H groups in total. The van der Waals surface area contributed by atoms with E-state index in [1.807, 2.05) is 0 Å². The molecular formula is C12H8ClF3N2. The largest absolute Gasteiger partial charge is 0.395 e. The van der Waals surface area contributed by atoms with Gasteiger partial charge in [-0.25, -0.2) is 13.2 Å². The molecule has 0 amide bonds. The summed E-state index contributed by atoms with van der Waals surface area (Å²) < 4.78 is 39.6. The molecule has 0 saturated heterocycles. The highest BCUT2D eigenvalue weighted by molar-refractivity contribution is 6.33. The van der Waals surface area contributed by atoms with Gasteiger partial charge >= 0.3 is 0 Å². The molecule has 0 aliphatic rings.